The molecule has 0 saturated heterocycles. The van der Waals surface area contributed by atoms with Crippen LogP contribution in [0.25, 0.3) is 0 Å². The molecule has 0 bridgehead atoms. The number of hydrogen-bond donors (Lipinski definition) is 1. The molecule has 2 rings (SSSR count). The smallest absolute Gasteiger partial charge is 0.0536 e. The van der Waals surface area contributed by atoms with Crippen molar-refractivity contribution in [1.82, 2.24) is 0 Å². The second-order valence-corrected chi connectivity index (χ2v) is 4.22. The van der Waals surface area contributed by atoms with Crippen molar-refractivity contribution in [2.45, 2.75) is 37.6 Å². The minimum atomic E-state index is 0.168. The first kappa shape index (κ1) is 7.56. The summed E-state index contributed by atoms with van der Waals surface area (Å²) in [6.07, 6.45) is 6.36. The van der Waals surface area contributed by atoms with Gasteiger partial charge in [0.25, 0.3) is 0 Å². The molecule has 11 heavy (non-hydrogen) atoms. The molecule has 0 aliphatic heterocycles. The van der Waals surface area contributed by atoms with Crippen molar-refractivity contribution >= 4 is 0 Å². The Bertz CT molecular complexity index is 159. The van der Waals surface area contributed by atoms with Gasteiger partial charge < -0.3 is 10.5 Å². The zero-order chi connectivity index (χ0) is 7.95. The van der Waals surface area contributed by atoms with E-state index in [4.69, 9.17) is 10.5 Å². The third kappa shape index (κ3) is 0.926. The summed E-state index contributed by atoms with van der Waals surface area (Å²) < 4.78 is 5.24. The van der Waals surface area contributed by atoms with Gasteiger partial charge in [0.05, 0.1) is 6.61 Å². The Labute approximate surface area is 68.1 Å². The summed E-state index contributed by atoms with van der Waals surface area (Å²) in [4.78, 5) is 0. The van der Waals surface area contributed by atoms with Crippen molar-refractivity contribution in [3.05, 3.63) is 0 Å². The van der Waals surface area contributed by atoms with Gasteiger partial charge >= 0.3 is 0 Å². The number of ether oxygens (including phenoxy) is 1. The third-order valence-corrected chi connectivity index (χ3v) is 3.58. The standard InChI is InChI=1S/C9H17NO/c1-11-7-8(3-2-4-8)9(10)5-6-9/h2-7,10H2,1H3. The molecule has 2 heteroatoms. The average molecular weight is 155 g/mol. The summed E-state index contributed by atoms with van der Waals surface area (Å²) in [5.41, 5.74) is 6.74. The van der Waals surface area contributed by atoms with Crippen LogP contribution in [0.5, 0.6) is 0 Å². The predicted molar refractivity (Wildman–Crippen MR) is 44.3 cm³/mol. The minimum Gasteiger partial charge on any atom is -0.384 e. The SMILES string of the molecule is COCC1(C2(N)CC2)CCC1. The molecular weight excluding hydrogens is 138 g/mol. The molecule has 0 unspecified atom stereocenters. The topological polar surface area (TPSA) is 35.2 Å². The van der Waals surface area contributed by atoms with Crippen LogP contribution in [0, 0.1) is 5.41 Å². The largest absolute Gasteiger partial charge is 0.384 e. The van der Waals surface area contributed by atoms with Crippen molar-refractivity contribution in [3.8, 4) is 0 Å². The van der Waals surface area contributed by atoms with E-state index in [1.807, 2.05) is 0 Å². The van der Waals surface area contributed by atoms with Gasteiger partial charge in [-0.15, -0.1) is 0 Å². The fourth-order valence-corrected chi connectivity index (χ4v) is 2.33. The Balaban J connectivity index is 2.04. The first-order chi connectivity index (χ1) is 5.22. The third-order valence-electron chi connectivity index (χ3n) is 3.58. The van der Waals surface area contributed by atoms with Crippen LogP contribution in [0.2, 0.25) is 0 Å². The molecule has 0 radical (unpaired) electrons. The van der Waals surface area contributed by atoms with Gasteiger partial charge in [0, 0.05) is 18.1 Å². The van der Waals surface area contributed by atoms with E-state index in [1.165, 1.54) is 32.1 Å². The molecule has 2 N–H and O–H groups in total. The van der Waals surface area contributed by atoms with Gasteiger partial charge in [-0.05, 0) is 25.7 Å². The lowest BCUT2D eigenvalue weighted by molar-refractivity contribution is -0.0124. The zero-order valence-corrected chi connectivity index (χ0v) is 7.23. The highest BCUT2D eigenvalue weighted by Gasteiger charge is 2.59. The molecule has 0 atom stereocenters. The highest BCUT2D eigenvalue weighted by molar-refractivity contribution is 5.15. The second kappa shape index (κ2) is 2.20. The van der Waals surface area contributed by atoms with E-state index in [1.54, 1.807) is 7.11 Å². The van der Waals surface area contributed by atoms with Gasteiger partial charge in [0.2, 0.25) is 0 Å². The molecule has 2 aliphatic carbocycles. The number of hydrogen-bond acceptors (Lipinski definition) is 2. The van der Waals surface area contributed by atoms with Crippen LogP contribution in [-0.2, 0) is 4.74 Å². The Morgan fingerprint density at radius 3 is 2.18 bits per heavy atom. The van der Waals surface area contributed by atoms with Gasteiger partial charge in [-0.2, -0.15) is 0 Å². The minimum absolute atomic E-state index is 0.168. The molecule has 0 heterocycles. The zero-order valence-electron chi connectivity index (χ0n) is 7.23. The normalized spacial score (nSPS) is 31.1. The van der Waals surface area contributed by atoms with Gasteiger partial charge in [0.15, 0.2) is 0 Å². The molecule has 0 aromatic rings. The molecule has 2 aliphatic rings. The van der Waals surface area contributed by atoms with Crippen molar-refractivity contribution in [2.75, 3.05) is 13.7 Å². The molecule has 2 fully saturated rings. The van der Waals surface area contributed by atoms with Gasteiger partial charge in [-0.3, -0.25) is 0 Å². The summed E-state index contributed by atoms with van der Waals surface area (Å²) in [6.45, 7) is 0.878. The summed E-state index contributed by atoms with van der Waals surface area (Å²) in [6, 6.07) is 0. The van der Waals surface area contributed by atoms with Gasteiger partial charge in [0.1, 0.15) is 0 Å². The quantitative estimate of drug-likeness (QED) is 0.666. The summed E-state index contributed by atoms with van der Waals surface area (Å²) in [5.74, 6) is 0. The van der Waals surface area contributed by atoms with Crippen molar-refractivity contribution in [1.29, 1.82) is 0 Å². The van der Waals surface area contributed by atoms with Crippen molar-refractivity contribution < 1.29 is 4.74 Å². The molecule has 0 aromatic heterocycles. The monoisotopic (exact) mass is 155 g/mol. The maximum absolute atomic E-state index is 6.19. The fraction of sp³-hybridized carbons (Fsp3) is 1.00. The molecule has 0 aromatic carbocycles. The van der Waals surface area contributed by atoms with Crippen molar-refractivity contribution in [2.24, 2.45) is 11.1 Å². The molecular formula is C9H17NO. The maximum atomic E-state index is 6.19. The van der Waals surface area contributed by atoms with E-state index in [-0.39, 0.29) is 5.54 Å². The summed E-state index contributed by atoms with van der Waals surface area (Å²) in [7, 11) is 1.78. The second-order valence-electron chi connectivity index (χ2n) is 4.22. The van der Waals surface area contributed by atoms with Crippen LogP contribution in [0.15, 0.2) is 0 Å². The number of nitrogens with two attached hydrogens (primary N) is 1. The maximum Gasteiger partial charge on any atom is 0.0536 e. The predicted octanol–water partition coefficient (Wildman–Crippen LogP) is 1.29. The molecule has 64 valence electrons. The van der Waals surface area contributed by atoms with Crippen LogP contribution >= 0.6 is 0 Å². The van der Waals surface area contributed by atoms with E-state index >= 15 is 0 Å². The molecule has 2 nitrogen and oxygen atoms in total. The highest BCUT2D eigenvalue weighted by atomic mass is 16.5. The lowest BCUT2D eigenvalue weighted by atomic mass is 9.63. The van der Waals surface area contributed by atoms with E-state index < -0.39 is 0 Å². The van der Waals surface area contributed by atoms with Gasteiger partial charge in [-0.25, -0.2) is 0 Å². The average Bonchev–Trinajstić information content (AvgIpc) is 2.60. The van der Waals surface area contributed by atoms with Crippen LogP contribution < -0.4 is 5.73 Å². The fourth-order valence-electron chi connectivity index (χ4n) is 2.33. The Kier molecular flexibility index (Phi) is 1.52. The number of rotatable bonds is 3. The first-order valence-corrected chi connectivity index (χ1v) is 4.50. The lowest BCUT2D eigenvalue weighted by Gasteiger charge is -2.46. The van der Waals surface area contributed by atoms with E-state index in [9.17, 15) is 0 Å². The van der Waals surface area contributed by atoms with Crippen LogP contribution in [0.4, 0.5) is 0 Å². The number of methoxy groups -OCH3 is 1. The Morgan fingerprint density at radius 1 is 1.27 bits per heavy atom. The van der Waals surface area contributed by atoms with Crippen LogP contribution in [-0.4, -0.2) is 19.3 Å². The molecule has 0 amide bonds. The summed E-state index contributed by atoms with van der Waals surface area (Å²) in [5, 5.41) is 0. The Hall–Kier alpha value is -0.0800. The van der Waals surface area contributed by atoms with Crippen molar-refractivity contribution in [3.63, 3.8) is 0 Å². The Morgan fingerprint density at radius 2 is 1.91 bits per heavy atom. The first-order valence-electron chi connectivity index (χ1n) is 4.50. The van der Waals surface area contributed by atoms with Crippen LogP contribution in [0.1, 0.15) is 32.1 Å². The molecule has 2 saturated carbocycles. The summed E-state index contributed by atoms with van der Waals surface area (Å²) >= 11 is 0. The van der Waals surface area contributed by atoms with Gasteiger partial charge in [-0.1, -0.05) is 6.42 Å². The lowest BCUT2D eigenvalue weighted by Crippen LogP contribution is -2.51. The van der Waals surface area contributed by atoms with E-state index in [0.717, 1.165) is 6.61 Å². The highest BCUT2D eigenvalue weighted by Crippen LogP contribution is 2.58. The van der Waals surface area contributed by atoms with Crippen LogP contribution in [0.3, 0.4) is 0 Å². The molecule has 0 spiro atoms. The van der Waals surface area contributed by atoms with E-state index in [2.05, 4.69) is 0 Å². The van der Waals surface area contributed by atoms with E-state index in [0.29, 0.717) is 5.41 Å².